The van der Waals surface area contributed by atoms with Crippen LogP contribution in [0, 0.1) is 18.6 Å². The van der Waals surface area contributed by atoms with Gasteiger partial charge in [-0.05, 0) is 54.8 Å². The number of halogens is 2. The number of fused-ring (bicyclic) bond motifs is 1. The molecule has 0 atom stereocenters. The van der Waals surface area contributed by atoms with Crippen LogP contribution in [0.25, 0.3) is 11.0 Å². The molecule has 0 amide bonds. The summed E-state index contributed by atoms with van der Waals surface area (Å²) in [5.74, 6) is -1.60. The third-order valence-corrected chi connectivity index (χ3v) is 7.19. The Morgan fingerprint density at radius 2 is 1.92 bits per heavy atom. The molecule has 2 aromatic carbocycles. The Kier molecular flexibility index (Phi) is 7.96. The number of aryl methyl sites for hydroxylation is 1. The van der Waals surface area contributed by atoms with Gasteiger partial charge in [-0.1, -0.05) is 12.1 Å². The number of nitrogens with one attached hydrogen (secondary N) is 1. The first-order valence-corrected chi connectivity index (χ1v) is 12.8. The fourth-order valence-corrected chi connectivity index (χ4v) is 4.99. The van der Waals surface area contributed by atoms with Crippen LogP contribution >= 0.6 is 0 Å². The van der Waals surface area contributed by atoms with E-state index in [1.807, 2.05) is 0 Å². The highest BCUT2D eigenvalue weighted by atomic mass is 32.2. The molecule has 0 saturated carbocycles. The number of pyridine rings is 1. The summed E-state index contributed by atoms with van der Waals surface area (Å²) in [6.07, 6.45) is 1.63. The van der Waals surface area contributed by atoms with Gasteiger partial charge < -0.3 is 13.9 Å². The Hall–Kier alpha value is -3.67. The first-order valence-electron chi connectivity index (χ1n) is 11.3. The van der Waals surface area contributed by atoms with Gasteiger partial charge in [0.15, 0.2) is 5.82 Å². The molecule has 0 bridgehead atoms. The van der Waals surface area contributed by atoms with Crippen molar-refractivity contribution in [2.75, 3.05) is 20.3 Å². The van der Waals surface area contributed by atoms with Crippen LogP contribution in [0.1, 0.15) is 23.1 Å². The summed E-state index contributed by atoms with van der Waals surface area (Å²) in [5.41, 5.74) is 0.222. The van der Waals surface area contributed by atoms with E-state index in [9.17, 15) is 17.6 Å². The zero-order valence-electron chi connectivity index (χ0n) is 20.1. The number of hydrogen-bond acceptors (Lipinski definition) is 7. The summed E-state index contributed by atoms with van der Waals surface area (Å²) in [7, 11) is -2.60. The molecule has 194 valence electrons. The minimum absolute atomic E-state index is 0.0279. The molecule has 0 saturated heterocycles. The van der Waals surface area contributed by atoms with Crippen LogP contribution in [0.3, 0.4) is 0 Å². The van der Waals surface area contributed by atoms with Crippen molar-refractivity contribution in [2.45, 2.75) is 24.7 Å². The SMILES string of the molecule is COCCCNS(=O)(=O)c1cccc(Cc2c(C)c3ccc(Oc4ncccc4F)cc3oc2=O)c1F. The number of methoxy groups -OCH3 is 1. The van der Waals surface area contributed by atoms with Crippen molar-refractivity contribution < 1.29 is 31.1 Å². The van der Waals surface area contributed by atoms with Gasteiger partial charge in [-0.15, -0.1) is 0 Å². The molecule has 0 aliphatic carbocycles. The summed E-state index contributed by atoms with van der Waals surface area (Å²) in [4.78, 5) is 16.2. The van der Waals surface area contributed by atoms with Crippen molar-refractivity contribution in [3.05, 3.63) is 93.5 Å². The van der Waals surface area contributed by atoms with Crippen LogP contribution in [-0.2, 0) is 21.2 Å². The molecule has 4 aromatic rings. The van der Waals surface area contributed by atoms with E-state index in [1.54, 1.807) is 19.1 Å². The van der Waals surface area contributed by atoms with Crippen molar-refractivity contribution in [3.8, 4) is 11.6 Å². The number of aromatic nitrogens is 1. The van der Waals surface area contributed by atoms with E-state index in [0.29, 0.717) is 24.0 Å². The van der Waals surface area contributed by atoms with Gasteiger partial charge in [0.25, 0.3) is 5.88 Å². The molecule has 0 aliphatic heterocycles. The first-order chi connectivity index (χ1) is 17.7. The van der Waals surface area contributed by atoms with Crippen molar-refractivity contribution in [1.82, 2.24) is 9.71 Å². The van der Waals surface area contributed by atoms with E-state index in [-0.39, 0.29) is 41.3 Å². The molecular formula is C26H24F2N2O6S. The molecule has 2 aromatic heterocycles. The Morgan fingerprint density at radius 3 is 2.68 bits per heavy atom. The van der Waals surface area contributed by atoms with Crippen LogP contribution < -0.4 is 15.1 Å². The number of nitrogens with zero attached hydrogens (tertiary/aromatic N) is 1. The molecule has 0 radical (unpaired) electrons. The van der Waals surface area contributed by atoms with Gasteiger partial charge in [0.1, 0.15) is 22.0 Å². The lowest BCUT2D eigenvalue weighted by Gasteiger charge is -2.12. The van der Waals surface area contributed by atoms with Gasteiger partial charge in [0.05, 0.1) is 0 Å². The second-order valence-electron chi connectivity index (χ2n) is 8.19. The number of sulfonamides is 1. The van der Waals surface area contributed by atoms with Crippen LogP contribution in [0.15, 0.2) is 68.8 Å². The van der Waals surface area contributed by atoms with E-state index in [2.05, 4.69) is 9.71 Å². The van der Waals surface area contributed by atoms with Crippen molar-refractivity contribution in [1.29, 1.82) is 0 Å². The lowest BCUT2D eigenvalue weighted by atomic mass is 9.99. The summed E-state index contributed by atoms with van der Waals surface area (Å²) < 4.78 is 72.5. The van der Waals surface area contributed by atoms with E-state index < -0.39 is 32.2 Å². The predicted octanol–water partition coefficient (Wildman–Crippen LogP) is 4.47. The highest BCUT2D eigenvalue weighted by molar-refractivity contribution is 7.89. The molecule has 0 unspecified atom stereocenters. The van der Waals surface area contributed by atoms with Crippen LogP contribution in [0.4, 0.5) is 8.78 Å². The summed E-state index contributed by atoms with van der Waals surface area (Å²) in [5, 5.41) is 0.562. The maximum Gasteiger partial charge on any atom is 0.340 e. The molecular weight excluding hydrogens is 506 g/mol. The minimum Gasteiger partial charge on any atom is -0.436 e. The fraction of sp³-hybridized carbons (Fsp3) is 0.231. The van der Waals surface area contributed by atoms with Crippen molar-refractivity contribution >= 4 is 21.0 Å². The van der Waals surface area contributed by atoms with Crippen LogP contribution in [-0.4, -0.2) is 33.7 Å². The predicted molar refractivity (Wildman–Crippen MR) is 132 cm³/mol. The topological polar surface area (TPSA) is 108 Å². The monoisotopic (exact) mass is 530 g/mol. The third kappa shape index (κ3) is 5.85. The lowest BCUT2D eigenvalue weighted by Crippen LogP contribution is -2.26. The largest absolute Gasteiger partial charge is 0.436 e. The Balaban J connectivity index is 1.63. The Bertz CT molecular complexity index is 1600. The number of rotatable bonds is 10. The van der Waals surface area contributed by atoms with Gasteiger partial charge in [-0.2, -0.15) is 0 Å². The smallest absolute Gasteiger partial charge is 0.340 e. The van der Waals surface area contributed by atoms with Crippen molar-refractivity contribution in [3.63, 3.8) is 0 Å². The van der Waals surface area contributed by atoms with Gasteiger partial charge >= 0.3 is 5.63 Å². The molecule has 4 rings (SSSR count). The molecule has 1 N–H and O–H groups in total. The molecule has 37 heavy (non-hydrogen) atoms. The standard InChI is InChI=1S/C26H24F2N2O6S/c1-16-19-10-9-18(35-25-21(27)7-4-11-29-25)15-22(19)36-26(31)20(16)14-17-6-3-8-23(24(17)28)37(32,33)30-12-5-13-34-2/h3-4,6-11,15,30H,5,12-14H2,1-2H3. The molecule has 0 aliphatic rings. The quantitative estimate of drug-likeness (QED) is 0.238. The Morgan fingerprint density at radius 1 is 1.11 bits per heavy atom. The molecule has 0 fully saturated rings. The maximum atomic E-state index is 15.3. The average molecular weight is 531 g/mol. The van der Waals surface area contributed by atoms with Crippen LogP contribution in [0.5, 0.6) is 11.6 Å². The zero-order valence-corrected chi connectivity index (χ0v) is 20.9. The average Bonchev–Trinajstić information content (AvgIpc) is 2.86. The fourth-order valence-electron chi connectivity index (χ4n) is 3.79. The minimum atomic E-state index is -4.10. The van der Waals surface area contributed by atoms with E-state index >= 15 is 4.39 Å². The summed E-state index contributed by atoms with van der Waals surface area (Å²) in [6, 6.07) is 11.3. The van der Waals surface area contributed by atoms with Crippen LogP contribution in [0.2, 0.25) is 0 Å². The maximum absolute atomic E-state index is 15.3. The highest BCUT2D eigenvalue weighted by Gasteiger charge is 2.22. The number of ether oxygens (including phenoxy) is 2. The second kappa shape index (κ2) is 11.2. The second-order valence-corrected chi connectivity index (χ2v) is 9.93. The normalized spacial score (nSPS) is 11.7. The van der Waals surface area contributed by atoms with Gasteiger partial charge in [-0.25, -0.2) is 31.7 Å². The van der Waals surface area contributed by atoms with Gasteiger partial charge in [0, 0.05) is 49.9 Å². The summed E-state index contributed by atoms with van der Waals surface area (Å²) in [6.45, 7) is 2.13. The van der Waals surface area contributed by atoms with E-state index in [0.717, 1.165) is 0 Å². The van der Waals surface area contributed by atoms with E-state index in [1.165, 1.54) is 49.7 Å². The van der Waals surface area contributed by atoms with Gasteiger partial charge in [0.2, 0.25) is 10.0 Å². The zero-order chi connectivity index (χ0) is 26.6. The lowest BCUT2D eigenvalue weighted by molar-refractivity contribution is 0.196. The Labute approximate surface area is 211 Å². The molecule has 2 heterocycles. The van der Waals surface area contributed by atoms with E-state index in [4.69, 9.17) is 13.9 Å². The summed E-state index contributed by atoms with van der Waals surface area (Å²) >= 11 is 0. The molecule has 0 spiro atoms. The molecule has 11 heteroatoms. The molecule has 8 nitrogen and oxygen atoms in total. The number of hydrogen-bond donors (Lipinski definition) is 1. The third-order valence-electron chi connectivity index (χ3n) is 5.72. The number of benzene rings is 2. The highest BCUT2D eigenvalue weighted by Crippen LogP contribution is 2.29. The van der Waals surface area contributed by atoms with Crippen molar-refractivity contribution in [2.24, 2.45) is 0 Å². The first kappa shape index (κ1) is 26.4. The van der Waals surface area contributed by atoms with Gasteiger partial charge in [-0.3, -0.25) is 0 Å².